The first-order valence-corrected chi connectivity index (χ1v) is 4.60. The lowest BCUT2D eigenvalue weighted by Crippen LogP contribution is -1.90. The molecule has 0 saturated heterocycles. The molecule has 0 heterocycles. The van der Waals surface area contributed by atoms with Gasteiger partial charge in [-0.25, -0.2) is 0 Å². The van der Waals surface area contributed by atoms with Crippen molar-refractivity contribution < 1.29 is 4.74 Å². The van der Waals surface area contributed by atoms with Crippen LogP contribution in [-0.4, -0.2) is 7.11 Å². The lowest BCUT2D eigenvalue weighted by atomic mass is 10.1. The van der Waals surface area contributed by atoms with Crippen LogP contribution in [0.2, 0.25) is 0 Å². The Morgan fingerprint density at radius 1 is 1.31 bits per heavy atom. The molecule has 1 nitrogen and oxygen atoms in total. The van der Waals surface area contributed by atoms with Crippen molar-refractivity contribution in [3.8, 4) is 0 Å². The Hall–Kier alpha value is -0.980. The highest BCUT2D eigenvalue weighted by Gasteiger charge is 1.98. The quantitative estimate of drug-likeness (QED) is 0.472. The van der Waals surface area contributed by atoms with Crippen molar-refractivity contribution in [3.05, 3.63) is 35.1 Å². The summed E-state index contributed by atoms with van der Waals surface area (Å²) in [6.45, 7) is 12.1. The van der Waals surface area contributed by atoms with E-state index in [0.717, 1.165) is 17.8 Å². The standard InChI is InChI=1S/C12H20O/c1-7-10(4)12(13-6)8-11(5)9(2)3/h8H,2,7H2,1,3-6H3/b11-8-,12-10-. The zero-order valence-corrected chi connectivity index (χ0v) is 9.40. The van der Waals surface area contributed by atoms with Gasteiger partial charge in [0.2, 0.25) is 0 Å². The van der Waals surface area contributed by atoms with Crippen LogP contribution in [0, 0.1) is 0 Å². The molecule has 0 amide bonds. The van der Waals surface area contributed by atoms with Crippen LogP contribution in [-0.2, 0) is 4.74 Å². The smallest absolute Gasteiger partial charge is 0.118 e. The van der Waals surface area contributed by atoms with Crippen molar-refractivity contribution in [1.29, 1.82) is 0 Å². The predicted octanol–water partition coefficient (Wildman–Crippen LogP) is 3.84. The number of methoxy groups -OCH3 is 1. The Morgan fingerprint density at radius 3 is 2.15 bits per heavy atom. The lowest BCUT2D eigenvalue weighted by molar-refractivity contribution is 0.301. The Morgan fingerprint density at radius 2 is 1.85 bits per heavy atom. The summed E-state index contributed by atoms with van der Waals surface area (Å²) in [5.41, 5.74) is 3.52. The Balaban J connectivity index is 4.83. The van der Waals surface area contributed by atoms with Crippen molar-refractivity contribution in [2.45, 2.75) is 34.1 Å². The average Bonchev–Trinajstić information content (AvgIpc) is 2.12. The second kappa shape index (κ2) is 5.63. The lowest BCUT2D eigenvalue weighted by Gasteiger charge is -2.07. The molecule has 74 valence electrons. The van der Waals surface area contributed by atoms with Gasteiger partial charge in [0.1, 0.15) is 5.76 Å². The van der Waals surface area contributed by atoms with Crippen molar-refractivity contribution in [3.63, 3.8) is 0 Å². The molecule has 0 rings (SSSR count). The third-order valence-electron chi connectivity index (χ3n) is 2.19. The minimum absolute atomic E-state index is 0.961. The Bertz CT molecular complexity index is 244. The molecule has 1 heteroatoms. The third-order valence-corrected chi connectivity index (χ3v) is 2.19. The van der Waals surface area contributed by atoms with Crippen LogP contribution in [0.25, 0.3) is 0 Å². The first-order valence-electron chi connectivity index (χ1n) is 4.60. The summed E-state index contributed by atoms with van der Waals surface area (Å²) >= 11 is 0. The van der Waals surface area contributed by atoms with Gasteiger partial charge < -0.3 is 4.74 Å². The maximum absolute atomic E-state index is 5.29. The zero-order valence-electron chi connectivity index (χ0n) is 9.40. The molecule has 0 aromatic rings. The van der Waals surface area contributed by atoms with Crippen LogP contribution in [0.5, 0.6) is 0 Å². The van der Waals surface area contributed by atoms with E-state index >= 15 is 0 Å². The fourth-order valence-corrected chi connectivity index (χ4v) is 0.850. The number of rotatable bonds is 4. The van der Waals surface area contributed by atoms with Gasteiger partial charge >= 0.3 is 0 Å². The van der Waals surface area contributed by atoms with E-state index < -0.39 is 0 Å². The van der Waals surface area contributed by atoms with Gasteiger partial charge in [-0.1, -0.05) is 19.1 Å². The highest BCUT2D eigenvalue weighted by Crippen LogP contribution is 2.15. The normalized spacial score (nSPS) is 13.8. The first-order chi connectivity index (χ1) is 6.02. The fourth-order valence-electron chi connectivity index (χ4n) is 0.850. The highest BCUT2D eigenvalue weighted by atomic mass is 16.5. The number of ether oxygens (including phenoxy) is 1. The van der Waals surface area contributed by atoms with E-state index in [4.69, 9.17) is 4.74 Å². The Kier molecular flexibility index (Phi) is 5.20. The topological polar surface area (TPSA) is 9.23 Å². The number of allylic oxidation sites excluding steroid dienone is 4. The van der Waals surface area contributed by atoms with Crippen LogP contribution in [0.1, 0.15) is 34.1 Å². The molecule has 0 aromatic carbocycles. The molecule has 13 heavy (non-hydrogen) atoms. The molecule has 0 aliphatic heterocycles. The first kappa shape index (κ1) is 12.0. The maximum atomic E-state index is 5.29. The second-order valence-electron chi connectivity index (χ2n) is 3.31. The molecule has 0 radical (unpaired) electrons. The van der Waals surface area contributed by atoms with E-state index in [1.807, 2.05) is 19.9 Å². The molecule has 0 bridgehead atoms. The summed E-state index contributed by atoms with van der Waals surface area (Å²) in [5, 5.41) is 0. The van der Waals surface area contributed by atoms with E-state index in [2.05, 4.69) is 20.4 Å². The largest absolute Gasteiger partial charge is 0.497 e. The monoisotopic (exact) mass is 180 g/mol. The van der Waals surface area contributed by atoms with Crippen LogP contribution < -0.4 is 0 Å². The van der Waals surface area contributed by atoms with E-state index in [0.29, 0.717) is 0 Å². The fraction of sp³-hybridized carbons (Fsp3) is 0.500. The van der Waals surface area contributed by atoms with Crippen LogP contribution in [0.15, 0.2) is 35.1 Å². The van der Waals surface area contributed by atoms with Crippen LogP contribution >= 0.6 is 0 Å². The molecule has 0 aromatic heterocycles. The molecule has 0 unspecified atom stereocenters. The summed E-state index contributed by atoms with van der Waals surface area (Å²) in [6.07, 6.45) is 3.06. The van der Waals surface area contributed by atoms with E-state index in [-0.39, 0.29) is 0 Å². The van der Waals surface area contributed by atoms with Crippen molar-refractivity contribution >= 4 is 0 Å². The van der Waals surface area contributed by atoms with Gasteiger partial charge in [-0.3, -0.25) is 0 Å². The molecular weight excluding hydrogens is 160 g/mol. The third kappa shape index (κ3) is 3.97. The van der Waals surface area contributed by atoms with Gasteiger partial charge in [-0.15, -0.1) is 0 Å². The van der Waals surface area contributed by atoms with Crippen molar-refractivity contribution in [2.24, 2.45) is 0 Å². The van der Waals surface area contributed by atoms with Crippen LogP contribution in [0.3, 0.4) is 0 Å². The molecule has 0 fully saturated rings. The summed E-state index contributed by atoms with van der Waals surface area (Å²) in [7, 11) is 1.71. The molecule has 0 atom stereocenters. The second-order valence-corrected chi connectivity index (χ2v) is 3.31. The molecular formula is C12H20O. The summed E-state index contributed by atoms with van der Waals surface area (Å²) in [6, 6.07) is 0. The van der Waals surface area contributed by atoms with Gasteiger partial charge in [-0.05, 0) is 44.4 Å². The molecule has 0 spiro atoms. The zero-order chi connectivity index (χ0) is 10.4. The van der Waals surface area contributed by atoms with Crippen molar-refractivity contribution in [2.75, 3.05) is 7.11 Å². The summed E-state index contributed by atoms with van der Waals surface area (Å²) in [4.78, 5) is 0. The minimum Gasteiger partial charge on any atom is -0.497 e. The minimum atomic E-state index is 0.961. The van der Waals surface area contributed by atoms with Gasteiger partial charge in [0.15, 0.2) is 0 Å². The SMILES string of the molecule is C=C(C)/C(C)=C\C(OC)=C(/C)CC. The van der Waals surface area contributed by atoms with Gasteiger partial charge in [-0.2, -0.15) is 0 Å². The number of hydrogen-bond acceptors (Lipinski definition) is 1. The van der Waals surface area contributed by atoms with Gasteiger partial charge in [0.25, 0.3) is 0 Å². The van der Waals surface area contributed by atoms with Gasteiger partial charge in [0, 0.05) is 0 Å². The highest BCUT2D eigenvalue weighted by molar-refractivity contribution is 5.32. The molecule has 0 aliphatic carbocycles. The Labute approximate surface area is 81.8 Å². The van der Waals surface area contributed by atoms with Crippen molar-refractivity contribution in [1.82, 2.24) is 0 Å². The molecule has 0 N–H and O–H groups in total. The van der Waals surface area contributed by atoms with Gasteiger partial charge in [0.05, 0.1) is 7.11 Å². The van der Waals surface area contributed by atoms with E-state index in [1.54, 1.807) is 7.11 Å². The molecule has 0 aliphatic rings. The average molecular weight is 180 g/mol. The number of hydrogen-bond donors (Lipinski definition) is 0. The molecule has 0 saturated carbocycles. The van der Waals surface area contributed by atoms with E-state index in [1.165, 1.54) is 11.1 Å². The van der Waals surface area contributed by atoms with Crippen LogP contribution in [0.4, 0.5) is 0 Å². The maximum Gasteiger partial charge on any atom is 0.118 e. The van der Waals surface area contributed by atoms with E-state index in [9.17, 15) is 0 Å². The predicted molar refractivity (Wildman–Crippen MR) is 58.6 cm³/mol. The summed E-state index contributed by atoms with van der Waals surface area (Å²) in [5.74, 6) is 0.961. The summed E-state index contributed by atoms with van der Waals surface area (Å²) < 4.78 is 5.29.